The molecule has 0 aliphatic heterocycles. The Morgan fingerprint density at radius 2 is 1.63 bits per heavy atom. The lowest BCUT2D eigenvalue weighted by molar-refractivity contribution is -0.0119. The highest BCUT2D eigenvalue weighted by molar-refractivity contribution is 6.31. The highest BCUT2D eigenvalue weighted by Gasteiger charge is 2.48. The fourth-order valence-corrected chi connectivity index (χ4v) is 6.62. The van der Waals surface area contributed by atoms with E-state index in [1.165, 1.54) is 32.1 Å². The number of carbonyl (C=O) groups excluding carboxylic acids is 1. The number of hydrogen-bond donors (Lipinski definition) is 1. The Labute approximate surface area is 181 Å². The van der Waals surface area contributed by atoms with Gasteiger partial charge in [0.15, 0.2) is 0 Å². The van der Waals surface area contributed by atoms with Gasteiger partial charge in [-0.1, -0.05) is 11.6 Å². The minimum Gasteiger partial charge on any atom is -0.349 e. The lowest BCUT2D eigenvalue weighted by atomic mass is 9.54. The Balaban J connectivity index is 1.39. The van der Waals surface area contributed by atoms with Crippen LogP contribution in [0.1, 0.15) is 42.5 Å². The van der Waals surface area contributed by atoms with E-state index < -0.39 is 0 Å². The second-order valence-electron chi connectivity index (χ2n) is 9.38. The van der Waals surface area contributed by atoms with Gasteiger partial charge in [-0.15, -0.1) is 0 Å². The van der Waals surface area contributed by atoms with Crippen LogP contribution in [0, 0.1) is 23.7 Å². The van der Waals surface area contributed by atoms with Crippen molar-refractivity contribution in [2.24, 2.45) is 23.7 Å². The summed E-state index contributed by atoms with van der Waals surface area (Å²) in [4.78, 5) is 22.4. The van der Waals surface area contributed by atoms with Crippen molar-refractivity contribution in [1.82, 2.24) is 15.3 Å². The highest BCUT2D eigenvalue weighted by atomic mass is 35.5. The summed E-state index contributed by atoms with van der Waals surface area (Å²) in [6, 6.07) is 11.6. The number of aromatic nitrogens is 2. The Morgan fingerprint density at radius 3 is 2.33 bits per heavy atom. The summed E-state index contributed by atoms with van der Waals surface area (Å²) in [5.41, 5.74) is 3.17. The number of nitrogens with one attached hydrogen (secondary N) is 1. The van der Waals surface area contributed by atoms with Crippen molar-refractivity contribution >= 4 is 28.4 Å². The first-order chi connectivity index (χ1) is 14.6. The highest BCUT2D eigenvalue weighted by Crippen LogP contribution is 2.53. The molecule has 0 saturated heterocycles. The minimum atomic E-state index is -0.00236. The lowest BCUT2D eigenvalue weighted by Crippen LogP contribution is -2.55. The van der Waals surface area contributed by atoms with E-state index in [4.69, 9.17) is 16.6 Å². The van der Waals surface area contributed by atoms with E-state index in [1.54, 1.807) is 12.4 Å². The molecule has 4 aliphatic carbocycles. The molecule has 4 nitrogen and oxygen atoms in total. The van der Waals surface area contributed by atoms with E-state index in [1.807, 2.05) is 36.4 Å². The summed E-state index contributed by atoms with van der Waals surface area (Å²) in [5.74, 6) is 3.06. The average molecular weight is 418 g/mol. The van der Waals surface area contributed by atoms with Gasteiger partial charge in [0.2, 0.25) is 0 Å². The van der Waals surface area contributed by atoms with Crippen LogP contribution in [0.15, 0.2) is 48.8 Å². The van der Waals surface area contributed by atoms with Crippen molar-refractivity contribution in [3.63, 3.8) is 0 Å². The average Bonchev–Trinajstić information content (AvgIpc) is 2.75. The first-order valence-electron chi connectivity index (χ1n) is 11.0. The van der Waals surface area contributed by atoms with E-state index in [0.717, 1.165) is 34.0 Å². The molecule has 4 bridgehead atoms. The summed E-state index contributed by atoms with van der Waals surface area (Å²) >= 11 is 6.28. The van der Waals surface area contributed by atoms with Gasteiger partial charge in [-0.05, 0) is 92.2 Å². The van der Waals surface area contributed by atoms with Crippen LogP contribution in [-0.2, 0) is 0 Å². The topological polar surface area (TPSA) is 54.9 Å². The van der Waals surface area contributed by atoms with E-state index in [0.29, 0.717) is 28.5 Å². The third-order valence-corrected chi connectivity index (χ3v) is 7.75. The molecule has 0 spiro atoms. The molecule has 4 saturated carbocycles. The number of hydrogen-bond acceptors (Lipinski definition) is 3. The molecule has 2 heterocycles. The molecule has 152 valence electrons. The SMILES string of the molecule is O=C(NC1C2CC3CC(C2)CC1C3)c1cc(-c2ccncc2)nc2ccc(Cl)cc12. The van der Waals surface area contributed by atoms with E-state index >= 15 is 0 Å². The monoisotopic (exact) mass is 417 g/mol. The molecule has 0 unspecified atom stereocenters. The number of amides is 1. The zero-order chi connectivity index (χ0) is 20.2. The Morgan fingerprint density at radius 1 is 0.933 bits per heavy atom. The van der Waals surface area contributed by atoms with Gasteiger partial charge in [0.25, 0.3) is 5.91 Å². The largest absolute Gasteiger partial charge is 0.349 e. The molecule has 7 rings (SSSR count). The maximum atomic E-state index is 13.6. The summed E-state index contributed by atoms with van der Waals surface area (Å²) in [5, 5.41) is 4.87. The van der Waals surface area contributed by atoms with Crippen molar-refractivity contribution < 1.29 is 4.79 Å². The number of fused-ring (bicyclic) bond motifs is 1. The summed E-state index contributed by atoms with van der Waals surface area (Å²) in [6.07, 6.45) is 10.0. The van der Waals surface area contributed by atoms with Gasteiger partial charge in [0.1, 0.15) is 0 Å². The second-order valence-corrected chi connectivity index (χ2v) is 9.82. The number of carbonyl (C=O) groups is 1. The number of halogens is 1. The number of nitrogens with zero attached hydrogens (tertiary/aromatic N) is 2. The van der Waals surface area contributed by atoms with Crippen LogP contribution in [0.25, 0.3) is 22.2 Å². The van der Waals surface area contributed by atoms with Crippen molar-refractivity contribution in [3.05, 3.63) is 59.4 Å². The summed E-state index contributed by atoms with van der Waals surface area (Å²) in [6.45, 7) is 0. The molecule has 4 aliphatic rings. The van der Waals surface area contributed by atoms with Crippen LogP contribution in [0.5, 0.6) is 0 Å². The van der Waals surface area contributed by atoms with E-state index in [-0.39, 0.29) is 5.91 Å². The van der Waals surface area contributed by atoms with Crippen LogP contribution >= 0.6 is 11.6 Å². The van der Waals surface area contributed by atoms with Gasteiger partial charge in [-0.25, -0.2) is 4.98 Å². The van der Waals surface area contributed by atoms with Gasteiger partial charge in [0.05, 0.1) is 16.8 Å². The van der Waals surface area contributed by atoms with Gasteiger partial charge >= 0.3 is 0 Å². The zero-order valence-corrected chi connectivity index (χ0v) is 17.5. The first-order valence-corrected chi connectivity index (χ1v) is 11.3. The molecule has 2 aromatic heterocycles. The molecule has 0 atom stereocenters. The van der Waals surface area contributed by atoms with Crippen LogP contribution in [0.3, 0.4) is 0 Å². The standard InChI is InChI=1S/C25H24ClN3O/c26-19-1-2-22-20(12-19)21(13-23(28-22)16-3-5-27-6-4-16)25(30)29-24-17-8-14-7-15(10-17)11-18(24)9-14/h1-6,12-15,17-18,24H,7-11H2,(H,29,30). The fraction of sp³-hybridized carbons (Fsp3) is 0.400. The molecular weight excluding hydrogens is 394 g/mol. The second kappa shape index (κ2) is 7.05. The maximum Gasteiger partial charge on any atom is 0.252 e. The van der Waals surface area contributed by atoms with Crippen molar-refractivity contribution in [1.29, 1.82) is 0 Å². The summed E-state index contributed by atoms with van der Waals surface area (Å²) in [7, 11) is 0. The number of pyridine rings is 2. The van der Waals surface area contributed by atoms with Gasteiger partial charge < -0.3 is 5.32 Å². The number of rotatable bonds is 3. The van der Waals surface area contributed by atoms with E-state index in [9.17, 15) is 4.79 Å². The van der Waals surface area contributed by atoms with Crippen LogP contribution in [0.4, 0.5) is 0 Å². The van der Waals surface area contributed by atoms with Crippen molar-refractivity contribution in [2.75, 3.05) is 0 Å². The Hall–Kier alpha value is -2.46. The normalized spacial score (nSPS) is 29.3. The molecule has 0 radical (unpaired) electrons. The third-order valence-electron chi connectivity index (χ3n) is 7.52. The van der Waals surface area contributed by atoms with Crippen molar-refractivity contribution in [3.8, 4) is 11.3 Å². The molecule has 4 fully saturated rings. The van der Waals surface area contributed by atoms with Crippen LogP contribution in [0.2, 0.25) is 5.02 Å². The maximum absolute atomic E-state index is 13.6. The van der Waals surface area contributed by atoms with Gasteiger partial charge in [-0.2, -0.15) is 0 Å². The molecule has 1 amide bonds. The minimum absolute atomic E-state index is 0.00236. The molecule has 1 N–H and O–H groups in total. The van der Waals surface area contributed by atoms with Crippen LogP contribution < -0.4 is 5.32 Å². The summed E-state index contributed by atoms with van der Waals surface area (Å²) < 4.78 is 0. The predicted molar refractivity (Wildman–Crippen MR) is 118 cm³/mol. The Bertz CT molecular complexity index is 1100. The fourth-order valence-electron chi connectivity index (χ4n) is 6.45. The molecular formula is C25H24ClN3O. The molecule has 30 heavy (non-hydrogen) atoms. The van der Waals surface area contributed by atoms with Gasteiger partial charge in [-0.3, -0.25) is 9.78 Å². The zero-order valence-electron chi connectivity index (χ0n) is 16.7. The Kier molecular flexibility index (Phi) is 4.31. The molecule has 3 aromatic rings. The lowest BCUT2D eigenvalue weighted by Gasteiger charge is -2.54. The van der Waals surface area contributed by atoms with E-state index in [2.05, 4.69) is 10.3 Å². The van der Waals surface area contributed by atoms with Crippen LogP contribution in [-0.4, -0.2) is 21.9 Å². The predicted octanol–water partition coefficient (Wildman–Crippen LogP) is 5.50. The molecule has 5 heteroatoms. The third kappa shape index (κ3) is 3.09. The quantitative estimate of drug-likeness (QED) is 0.611. The first kappa shape index (κ1) is 18.3. The molecule has 1 aromatic carbocycles. The number of benzene rings is 1. The van der Waals surface area contributed by atoms with Gasteiger partial charge in [0, 0.05) is 34.4 Å². The smallest absolute Gasteiger partial charge is 0.252 e. The van der Waals surface area contributed by atoms with Crippen molar-refractivity contribution in [2.45, 2.75) is 38.1 Å².